The molecule has 2 rings (SSSR count). The molecule has 1 aromatic carbocycles. The molecule has 0 bridgehead atoms. The average molecular weight is 263 g/mol. The van der Waals surface area contributed by atoms with E-state index >= 15 is 0 Å². The maximum Gasteiger partial charge on any atom is 0.145 e. The van der Waals surface area contributed by atoms with E-state index in [2.05, 4.69) is 13.0 Å². The van der Waals surface area contributed by atoms with Gasteiger partial charge in [0.2, 0.25) is 0 Å². The van der Waals surface area contributed by atoms with Gasteiger partial charge in [-0.2, -0.15) is 0 Å². The number of hydrogen-bond donors (Lipinski definition) is 2. The fourth-order valence-corrected chi connectivity index (χ4v) is 2.77. The summed E-state index contributed by atoms with van der Waals surface area (Å²) in [4.78, 5) is 1.16. The van der Waals surface area contributed by atoms with Crippen molar-refractivity contribution in [3.8, 4) is 5.75 Å². The summed E-state index contributed by atoms with van der Waals surface area (Å²) < 4.78 is 5.91. The van der Waals surface area contributed by atoms with Gasteiger partial charge >= 0.3 is 0 Å². The van der Waals surface area contributed by atoms with Crippen LogP contribution in [0.15, 0.2) is 35.7 Å². The molecular weight excluding hydrogens is 246 g/mol. The van der Waals surface area contributed by atoms with Crippen LogP contribution >= 0.6 is 11.3 Å². The van der Waals surface area contributed by atoms with Gasteiger partial charge in [-0.1, -0.05) is 12.1 Å². The van der Waals surface area contributed by atoms with Gasteiger partial charge in [0.1, 0.15) is 11.9 Å². The number of rotatable bonds is 5. The third-order valence-corrected chi connectivity index (χ3v) is 3.88. The fraction of sp³-hybridized carbons (Fsp3) is 0.286. The van der Waals surface area contributed by atoms with Gasteiger partial charge in [-0.05, 0) is 41.6 Å². The number of thiophene rings is 1. The van der Waals surface area contributed by atoms with Crippen molar-refractivity contribution in [2.24, 2.45) is 5.73 Å². The topological polar surface area (TPSA) is 55.5 Å². The Bertz CT molecular complexity index is 510. The molecule has 18 heavy (non-hydrogen) atoms. The zero-order valence-electron chi connectivity index (χ0n) is 10.3. The van der Waals surface area contributed by atoms with Crippen molar-refractivity contribution in [3.63, 3.8) is 0 Å². The van der Waals surface area contributed by atoms with Gasteiger partial charge in [0.15, 0.2) is 0 Å². The van der Waals surface area contributed by atoms with Crippen LogP contribution in [0.25, 0.3) is 0 Å². The molecule has 3 nitrogen and oxygen atoms in total. The minimum absolute atomic E-state index is 0.0164. The number of benzene rings is 1. The molecule has 0 aliphatic heterocycles. The van der Waals surface area contributed by atoms with Crippen molar-refractivity contribution in [2.45, 2.75) is 19.6 Å². The van der Waals surface area contributed by atoms with E-state index in [0.29, 0.717) is 6.54 Å². The molecule has 1 heterocycles. The minimum Gasteiger partial charge on any atom is -0.484 e. The molecule has 0 saturated carbocycles. The van der Waals surface area contributed by atoms with E-state index in [9.17, 15) is 0 Å². The van der Waals surface area contributed by atoms with E-state index in [0.717, 1.165) is 16.2 Å². The molecule has 0 radical (unpaired) electrons. The zero-order valence-corrected chi connectivity index (χ0v) is 11.1. The van der Waals surface area contributed by atoms with Crippen molar-refractivity contribution in [1.29, 1.82) is 0 Å². The number of aryl methyl sites for hydroxylation is 1. The Morgan fingerprint density at radius 3 is 2.83 bits per heavy atom. The second-order valence-corrected chi connectivity index (χ2v) is 5.06. The Balaban J connectivity index is 2.18. The highest BCUT2D eigenvalue weighted by molar-refractivity contribution is 7.10. The van der Waals surface area contributed by atoms with Crippen LogP contribution in [0.1, 0.15) is 22.1 Å². The van der Waals surface area contributed by atoms with E-state index < -0.39 is 0 Å². The maximum atomic E-state index is 9.10. The fourth-order valence-electron chi connectivity index (χ4n) is 1.80. The first-order valence-corrected chi connectivity index (χ1v) is 6.73. The molecule has 3 N–H and O–H groups in total. The summed E-state index contributed by atoms with van der Waals surface area (Å²) in [6.45, 7) is 2.51. The van der Waals surface area contributed by atoms with Crippen molar-refractivity contribution in [3.05, 3.63) is 51.7 Å². The highest BCUT2D eigenvalue weighted by Gasteiger charge is 2.15. The highest BCUT2D eigenvalue weighted by atomic mass is 32.1. The van der Waals surface area contributed by atoms with E-state index in [4.69, 9.17) is 15.6 Å². The molecule has 0 aliphatic carbocycles. The van der Waals surface area contributed by atoms with Crippen LogP contribution in [0.4, 0.5) is 0 Å². The Morgan fingerprint density at radius 1 is 1.39 bits per heavy atom. The van der Waals surface area contributed by atoms with E-state index in [1.165, 1.54) is 5.56 Å². The van der Waals surface area contributed by atoms with Gasteiger partial charge in [-0.3, -0.25) is 0 Å². The second-order valence-electron chi connectivity index (χ2n) is 4.12. The van der Waals surface area contributed by atoms with Crippen molar-refractivity contribution < 1.29 is 9.84 Å². The standard InChI is InChI=1S/C14H17NO2S/c1-10-5-6-18-14(10)13(8-15)17-12-4-2-3-11(7-12)9-16/h2-7,13,16H,8-9,15H2,1H3. The minimum atomic E-state index is -0.126. The summed E-state index contributed by atoms with van der Waals surface area (Å²) in [5, 5.41) is 11.1. The molecule has 4 heteroatoms. The van der Waals surface area contributed by atoms with Crippen LogP contribution in [0.3, 0.4) is 0 Å². The lowest BCUT2D eigenvalue weighted by atomic mass is 10.2. The monoisotopic (exact) mass is 263 g/mol. The zero-order chi connectivity index (χ0) is 13.0. The molecule has 1 atom stereocenters. The third-order valence-electron chi connectivity index (χ3n) is 2.77. The first-order chi connectivity index (χ1) is 8.74. The van der Waals surface area contributed by atoms with Crippen LogP contribution < -0.4 is 10.5 Å². The Kier molecular flexibility index (Phi) is 4.36. The second kappa shape index (κ2) is 6.00. The molecule has 96 valence electrons. The Labute approximate surface area is 111 Å². The van der Waals surface area contributed by atoms with Crippen molar-refractivity contribution >= 4 is 11.3 Å². The predicted molar refractivity (Wildman–Crippen MR) is 73.8 cm³/mol. The summed E-state index contributed by atoms with van der Waals surface area (Å²) in [6, 6.07) is 9.52. The number of aliphatic hydroxyl groups excluding tert-OH is 1. The summed E-state index contributed by atoms with van der Waals surface area (Å²) in [6.07, 6.45) is -0.126. The molecule has 0 amide bonds. The van der Waals surface area contributed by atoms with E-state index in [-0.39, 0.29) is 12.7 Å². The molecule has 2 aromatic rings. The van der Waals surface area contributed by atoms with Gasteiger partial charge in [-0.15, -0.1) is 11.3 Å². The maximum absolute atomic E-state index is 9.10. The molecule has 0 aliphatic rings. The van der Waals surface area contributed by atoms with Crippen LogP contribution in [0.5, 0.6) is 5.75 Å². The molecular formula is C14H17NO2S. The molecule has 0 saturated heterocycles. The SMILES string of the molecule is Cc1ccsc1C(CN)Oc1cccc(CO)c1. The van der Waals surface area contributed by atoms with Gasteiger partial charge in [-0.25, -0.2) is 0 Å². The highest BCUT2D eigenvalue weighted by Crippen LogP contribution is 2.28. The van der Waals surface area contributed by atoms with Gasteiger partial charge < -0.3 is 15.6 Å². The van der Waals surface area contributed by atoms with Gasteiger partial charge in [0.25, 0.3) is 0 Å². The van der Waals surface area contributed by atoms with Crippen LogP contribution in [-0.2, 0) is 6.61 Å². The average Bonchev–Trinajstić information content (AvgIpc) is 2.82. The first-order valence-electron chi connectivity index (χ1n) is 5.85. The normalized spacial score (nSPS) is 12.4. The lowest BCUT2D eigenvalue weighted by Gasteiger charge is -2.17. The Morgan fingerprint density at radius 2 is 2.22 bits per heavy atom. The Hall–Kier alpha value is -1.36. The number of aliphatic hydroxyl groups is 1. The largest absolute Gasteiger partial charge is 0.484 e. The summed E-state index contributed by atoms with van der Waals surface area (Å²) >= 11 is 1.66. The van der Waals surface area contributed by atoms with Gasteiger partial charge in [0.05, 0.1) is 6.61 Å². The van der Waals surface area contributed by atoms with E-state index in [1.54, 1.807) is 11.3 Å². The molecule has 0 spiro atoms. The van der Waals surface area contributed by atoms with Crippen LogP contribution in [0.2, 0.25) is 0 Å². The number of hydrogen-bond acceptors (Lipinski definition) is 4. The quantitative estimate of drug-likeness (QED) is 0.872. The van der Waals surface area contributed by atoms with E-state index in [1.807, 2.05) is 29.6 Å². The summed E-state index contributed by atoms with van der Waals surface area (Å²) in [7, 11) is 0. The third kappa shape index (κ3) is 2.90. The summed E-state index contributed by atoms with van der Waals surface area (Å²) in [5.74, 6) is 0.741. The van der Waals surface area contributed by atoms with Crippen molar-refractivity contribution in [1.82, 2.24) is 0 Å². The summed E-state index contributed by atoms with van der Waals surface area (Å²) in [5.41, 5.74) is 7.83. The van der Waals surface area contributed by atoms with Crippen LogP contribution in [0, 0.1) is 6.92 Å². The van der Waals surface area contributed by atoms with Crippen molar-refractivity contribution in [2.75, 3.05) is 6.54 Å². The lowest BCUT2D eigenvalue weighted by Crippen LogP contribution is -2.18. The van der Waals surface area contributed by atoms with Gasteiger partial charge in [0, 0.05) is 11.4 Å². The predicted octanol–water partition coefficient (Wildman–Crippen LogP) is 2.63. The molecule has 0 fully saturated rings. The molecule has 1 unspecified atom stereocenters. The lowest BCUT2D eigenvalue weighted by molar-refractivity contribution is 0.216. The number of nitrogens with two attached hydrogens (primary N) is 1. The number of ether oxygens (including phenoxy) is 1. The smallest absolute Gasteiger partial charge is 0.145 e. The first kappa shape index (κ1) is 13.1. The van der Waals surface area contributed by atoms with Crippen LogP contribution in [-0.4, -0.2) is 11.7 Å². The molecule has 1 aromatic heterocycles.